The third-order valence-corrected chi connectivity index (χ3v) is 9.74. The van der Waals surface area contributed by atoms with Crippen LogP contribution in [0.15, 0.2) is 84.9 Å². The van der Waals surface area contributed by atoms with Crippen molar-refractivity contribution in [3.63, 3.8) is 0 Å². The summed E-state index contributed by atoms with van der Waals surface area (Å²) in [7, 11) is 0. The summed E-state index contributed by atoms with van der Waals surface area (Å²) in [6, 6.07) is 28.8. The summed E-state index contributed by atoms with van der Waals surface area (Å²) in [5, 5.41) is 4.20. The SMILES string of the molecule is O=C1OC2(c3ccc(N(CBr)C4CCCCC4)cc3Oc3cc(CBr)c(Nc4ccccc4)cc32)c2ccccc21. The van der Waals surface area contributed by atoms with E-state index in [1.54, 1.807) is 0 Å². The summed E-state index contributed by atoms with van der Waals surface area (Å²) in [5.74, 6) is 1.08. The predicted octanol–water partition coefficient (Wildman–Crippen LogP) is 9.38. The van der Waals surface area contributed by atoms with Crippen LogP contribution in [0.2, 0.25) is 0 Å². The van der Waals surface area contributed by atoms with Gasteiger partial charge in [0.05, 0.1) is 11.0 Å². The Balaban J connectivity index is 1.41. The molecule has 0 bridgehead atoms. The highest BCUT2D eigenvalue weighted by molar-refractivity contribution is 9.09. The van der Waals surface area contributed by atoms with Gasteiger partial charge in [0.25, 0.3) is 0 Å². The van der Waals surface area contributed by atoms with Crippen LogP contribution in [0, 0.1) is 0 Å². The number of ether oxygens (including phenoxy) is 2. The maximum atomic E-state index is 13.4. The van der Waals surface area contributed by atoms with Crippen molar-refractivity contribution in [3.05, 3.63) is 113 Å². The highest BCUT2D eigenvalue weighted by atomic mass is 79.9. The Morgan fingerprint density at radius 3 is 2.37 bits per heavy atom. The van der Waals surface area contributed by atoms with Crippen LogP contribution < -0.4 is 15.0 Å². The number of nitrogens with zero attached hydrogens (tertiary/aromatic N) is 1. The van der Waals surface area contributed by atoms with E-state index in [-0.39, 0.29) is 5.97 Å². The molecule has 5 nitrogen and oxygen atoms in total. The van der Waals surface area contributed by atoms with Gasteiger partial charge in [-0.25, -0.2) is 4.79 Å². The van der Waals surface area contributed by atoms with Gasteiger partial charge < -0.3 is 19.7 Å². The molecule has 1 spiro atoms. The number of hydrogen-bond acceptors (Lipinski definition) is 5. The van der Waals surface area contributed by atoms with E-state index in [1.807, 2.05) is 54.6 Å². The summed E-state index contributed by atoms with van der Waals surface area (Å²) in [4.78, 5) is 15.8. The zero-order valence-electron chi connectivity index (χ0n) is 22.5. The Labute approximate surface area is 257 Å². The highest BCUT2D eigenvalue weighted by Gasteiger charge is 2.53. The molecule has 1 atom stereocenters. The lowest BCUT2D eigenvalue weighted by Crippen LogP contribution is -2.36. The molecule has 1 N–H and O–H groups in total. The van der Waals surface area contributed by atoms with Gasteiger partial charge in [-0.2, -0.15) is 0 Å². The molecule has 0 aromatic heterocycles. The molecule has 7 heteroatoms. The van der Waals surface area contributed by atoms with Crippen LogP contribution in [-0.4, -0.2) is 17.5 Å². The minimum atomic E-state index is -1.11. The molecule has 1 aliphatic carbocycles. The van der Waals surface area contributed by atoms with Gasteiger partial charge >= 0.3 is 5.97 Å². The zero-order valence-corrected chi connectivity index (χ0v) is 25.7. The minimum absolute atomic E-state index is 0.324. The van der Waals surface area contributed by atoms with Crippen molar-refractivity contribution in [1.82, 2.24) is 0 Å². The van der Waals surface area contributed by atoms with Gasteiger partial charge in [-0.3, -0.25) is 0 Å². The molecule has 3 aliphatic rings. The number of alkyl halides is 2. The summed E-state index contributed by atoms with van der Waals surface area (Å²) >= 11 is 7.44. The van der Waals surface area contributed by atoms with Crippen molar-refractivity contribution < 1.29 is 14.3 Å². The van der Waals surface area contributed by atoms with E-state index in [0.29, 0.717) is 28.4 Å². The Kier molecular flexibility index (Phi) is 7.03. The van der Waals surface area contributed by atoms with Crippen LogP contribution >= 0.6 is 31.9 Å². The number of anilines is 3. The lowest BCUT2D eigenvalue weighted by Gasteiger charge is -2.39. The topological polar surface area (TPSA) is 50.8 Å². The second-order valence-corrected chi connectivity index (χ2v) is 12.0. The standard InChI is InChI=1S/C34H30Br2N2O3/c35-20-22-17-31-29(19-30(22)37-23-9-3-1-4-10-23)34(27-14-8-7-13-26(27)33(39)41-34)28-16-15-25(18-32(28)40-31)38(21-36)24-11-5-2-6-12-24/h1,3-4,7-10,13-19,24,37H,2,5-6,11-12,20-21H2. The first-order valence-corrected chi connectivity index (χ1v) is 16.4. The predicted molar refractivity (Wildman–Crippen MR) is 170 cm³/mol. The van der Waals surface area contributed by atoms with Crippen LogP contribution in [0.1, 0.15) is 64.7 Å². The Morgan fingerprint density at radius 2 is 1.59 bits per heavy atom. The molecule has 0 amide bonds. The van der Waals surface area contributed by atoms with Crippen molar-refractivity contribution in [2.24, 2.45) is 0 Å². The Bertz CT molecular complexity index is 1620. The number of nitrogens with one attached hydrogen (secondary N) is 1. The van der Waals surface area contributed by atoms with E-state index in [9.17, 15) is 4.79 Å². The Hall–Kier alpha value is -3.29. The quantitative estimate of drug-likeness (QED) is 0.126. The number of para-hydroxylation sites is 1. The fraction of sp³-hybridized carbons (Fsp3) is 0.265. The fourth-order valence-corrected chi connectivity index (χ4v) is 7.76. The van der Waals surface area contributed by atoms with Gasteiger partial charge in [-0.05, 0) is 60.9 Å². The van der Waals surface area contributed by atoms with E-state index in [1.165, 1.54) is 32.1 Å². The molecule has 1 unspecified atom stereocenters. The first-order chi connectivity index (χ1) is 20.1. The van der Waals surface area contributed by atoms with Gasteiger partial charge in [-0.1, -0.05) is 87.5 Å². The number of carbonyl (C=O) groups is 1. The molecule has 4 aromatic carbocycles. The van der Waals surface area contributed by atoms with Crippen LogP contribution in [0.25, 0.3) is 0 Å². The summed E-state index contributed by atoms with van der Waals surface area (Å²) in [6.45, 7) is 0. The van der Waals surface area contributed by atoms with Crippen LogP contribution in [-0.2, 0) is 15.7 Å². The molecule has 1 fully saturated rings. The van der Waals surface area contributed by atoms with Crippen molar-refractivity contribution in [2.45, 2.75) is 49.1 Å². The maximum absolute atomic E-state index is 13.4. The maximum Gasteiger partial charge on any atom is 0.340 e. The molecule has 2 heterocycles. The van der Waals surface area contributed by atoms with Gasteiger partial charge in [0.2, 0.25) is 0 Å². The van der Waals surface area contributed by atoms with Crippen molar-refractivity contribution in [3.8, 4) is 11.5 Å². The average molecular weight is 674 g/mol. The number of fused-ring (bicyclic) bond motifs is 6. The molecular formula is C34H30Br2N2O3. The molecule has 4 aromatic rings. The first kappa shape index (κ1) is 26.6. The van der Waals surface area contributed by atoms with Gasteiger partial charge in [-0.15, -0.1) is 0 Å². The number of benzene rings is 4. The van der Waals surface area contributed by atoms with Gasteiger partial charge in [0.1, 0.15) is 11.5 Å². The average Bonchev–Trinajstić information content (AvgIpc) is 3.31. The van der Waals surface area contributed by atoms with Crippen LogP contribution in [0.3, 0.4) is 0 Å². The summed E-state index contributed by atoms with van der Waals surface area (Å²) in [6.07, 6.45) is 6.20. The first-order valence-electron chi connectivity index (χ1n) is 14.2. The molecular weight excluding hydrogens is 644 g/mol. The third kappa shape index (κ3) is 4.45. The fourth-order valence-electron chi connectivity index (χ4n) is 6.60. The zero-order chi connectivity index (χ0) is 28.0. The van der Waals surface area contributed by atoms with E-state index < -0.39 is 5.60 Å². The van der Waals surface area contributed by atoms with Crippen LogP contribution in [0.5, 0.6) is 11.5 Å². The van der Waals surface area contributed by atoms with Crippen molar-refractivity contribution in [2.75, 3.05) is 15.7 Å². The molecule has 0 saturated heterocycles. The smallest absolute Gasteiger partial charge is 0.340 e. The normalized spacial score (nSPS) is 19.1. The van der Waals surface area contributed by atoms with Crippen LogP contribution in [0.4, 0.5) is 17.1 Å². The third-order valence-electron chi connectivity index (χ3n) is 8.59. The largest absolute Gasteiger partial charge is 0.456 e. The second-order valence-electron chi connectivity index (χ2n) is 10.9. The van der Waals surface area contributed by atoms with E-state index >= 15 is 0 Å². The lowest BCUT2D eigenvalue weighted by molar-refractivity contribution is 0.0224. The van der Waals surface area contributed by atoms with E-state index in [2.05, 4.69) is 72.4 Å². The Morgan fingerprint density at radius 1 is 0.829 bits per heavy atom. The van der Waals surface area contributed by atoms with Crippen molar-refractivity contribution in [1.29, 1.82) is 0 Å². The summed E-state index contributed by atoms with van der Waals surface area (Å²) in [5.41, 5.74) is 6.76. The summed E-state index contributed by atoms with van der Waals surface area (Å²) < 4.78 is 13.2. The number of carbonyl (C=O) groups excluding carboxylic acids is 1. The van der Waals surface area contributed by atoms with Crippen molar-refractivity contribution >= 4 is 54.9 Å². The highest BCUT2D eigenvalue weighted by Crippen LogP contribution is 2.57. The molecule has 7 rings (SSSR count). The molecule has 1 saturated carbocycles. The molecule has 41 heavy (non-hydrogen) atoms. The molecule has 0 radical (unpaired) electrons. The number of halogens is 2. The number of hydrogen-bond donors (Lipinski definition) is 1. The van der Waals surface area contributed by atoms with Gasteiger partial charge in [0, 0.05) is 51.2 Å². The van der Waals surface area contributed by atoms with E-state index in [4.69, 9.17) is 9.47 Å². The van der Waals surface area contributed by atoms with E-state index in [0.717, 1.165) is 44.8 Å². The number of rotatable bonds is 6. The van der Waals surface area contributed by atoms with Gasteiger partial charge in [0.15, 0.2) is 5.60 Å². The minimum Gasteiger partial charge on any atom is -0.456 e. The molecule has 208 valence electrons. The second kappa shape index (κ2) is 10.8. The lowest BCUT2D eigenvalue weighted by atomic mass is 9.77. The monoisotopic (exact) mass is 672 g/mol. The molecule has 2 aliphatic heterocycles. The number of esters is 1.